The molecular formula is C14H20ClN. The van der Waals surface area contributed by atoms with Gasteiger partial charge in [0.15, 0.2) is 0 Å². The van der Waals surface area contributed by atoms with Gasteiger partial charge in [0, 0.05) is 11.1 Å². The number of nitrogens with two attached hydrogens (primary N) is 1. The molecule has 0 aromatic heterocycles. The zero-order valence-electron chi connectivity index (χ0n) is 9.93. The van der Waals surface area contributed by atoms with Crippen molar-refractivity contribution in [3.05, 3.63) is 33.8 Å². The van der Waals surface area contributed by atoms with E-state index in [-0.39, 0.29) is 6.04 Å². The topological polar surface area (TPSA) is 26.0 Å². The van der Waals surface area contributed by atoms with Crippen LogP contribution >= 0.6 is 11.6 Å². The van der Waals surface area contributed by atoms with Crippen molar-refractivity contribution in [2.75, 3.05) is 0 Å². The summed E-state index contributed by atoms with van der Waals surface area (Å²) < 4.78 is 0. The van der Waals surface area contributed by atoms with E-state index in [9.17, 15) is 0 Å². The van der Waals surface area contributed by atoms with E-state index in [4.69, 9.17) is 17.3 Å². The highest BCUT2D eigenvalue weighted by molar-refractivity contribution is 6.31. The van der Waals surface area contributed by atoms with E-state index in [1.807, 2.05) is 0 Å². The molecule has 16 heavy (non-hydrogen) atoms. The highest BCUT2D eigenvalue weighted by Crippen LogP contribution is 2.31. The summed E-state index contributed by atoms with van der Waals surface area (Å²) in [4.78, 5) is 0. The Hall–Kier alpha value is -0.530. The van der Waals surface area contributed by atoms with Gasteiger partial charge >= 0.3 is 0 Å². The number of aryl methyl sites for hydroxylation is 2. The van der Waals surface area contributed by atoms with Gasteiger partial charge in [-0.15, -0.1) is 0 Å². The molecule has 2 rings (SSSR count). The summed E-state index contributed by atoms with van der Waals surface area (Å²) in [6.45, 7) is 2.16. The summed E-state index contributed by atoms with van der Waals surface area (Å²) in [6.07, 6.45) is 7.09. The Bertz CT molecular complexity index is 373. The van der Waals surface area contributed by atoms with E-state index in [1.54, 1.807) is 0 Å². The molecule has 1 aromatic rings. The van der Waals surface area contributed by atoms with Crippen molar-refractivity contribution in [1.29, 1.82) is 0 Å². The average molecular weight is 238 g/mol. The lowest BCUT2D eigenvalue weighted by Crippen LogP contribution is -2.12. The zero-order valence-corrected chi connectivity index (χ0v) is 10.7. The smallest absolute Gasteiger partial charge is 0.0456 e. The fourth-order valence-corrected chi connectivity index (χ4v) is 2.85. The molecule has 0 aliphatic heterocycles. The zero-order chi connectivity index (χ0) is 11.5. The fourth-order valence-electron chi connectivity index (χ4n) is 2.53. The molecule has 1 nitrogen and oxygen atoms in total. The van der Waals surface area contributed by atoms with Crippen LogP contribution in [-0.4, -0.2) is 0 Å². The van der Waals surface area contributed by atoms with Gasteiger partial charge in [0.1, 0.15) is 0 Å². The Morgan fingerprint density at radius 3 is 2.50 bits per heavy atom. The van der Waals surface area contributed by atoms with Crippen molar-refractivity contribution in [2.24, 2.45) is 5.73 Å². The van der Waals surface area contributed by atoms with Crippen LogP contribution in [0.25, 0.3) is 0 Å². The molecule has 0 amide bonds. The molecule has 1 aliphatic carbocycles. The minimum Gasteiger partial charge on any atom is -0.324 e. The largest absolute Gasteiger partial charge is 0.324 e. The lowest BCUT2D eigenvalue weighted by atomic mass is 9.88. The van der Waals surface area contributed by atoms with E-state index in [0.29, 0.717) is 0 Å². The van der Waals surface area contributed by atoms with Crippen molar-refractivity contribution in [2.45, 2.75) is 51.5 Å². The number of fused-ring (bicyclic) bond motifs is 1. The Balaban J connectivity index is 2.31. The predicted molar refractivity (Wildman–Crippen MR) is 69.9 cm³/mol. The molecule has 0 saturated carbocycles. The summed E-state index contributed by atoms with van der Waals surface area (Å²) in [5, 5.41) is 0.863. The Kier molecular flexibility index (Phi) is 3.88. The minimum atomic E-state index is 0.102. The van der Waals surface area contributed by atoms with Gasteiger partial charge in [0.25, 0.3) is 0 Å². The summed E-state index contributed by atoms with van der Waals surface area (Å²) in [5.74, 6) is 0. The third-order valence-corrected chi connectivity index (χ3v) is 3.79. The molecule has 0 bridgehead atoms. The van der Waals surface area contributed by atoms with Crippen LogP contribution in [0.15, 0.2) is 12.1 Å². The monoisotopic (exact) mass is 237 g/mol. The fraction of sp³-hybridized carbons (Fsp3) is 0.571. The van der Waals surface area contributed by atoms with Crippen LogP contribution in [0.3, 0.4) is 0 Å². The SMILES string of the molecule is CCCC(N)c1cc2c(cc1Cl)CCCC2. The van der Waals surface area contributed by atoms with E-state index in [0.717, 1.165) is 23.4 Å². The highest BCUT2D eigenvalue weighted by Gasteiger charge is 2.15. The Morgan fingerprint density at radius 2 is 1.88 bits per heavy atom. The molecule has 2 N–H and O–H groups in total. The number of benzene rings is 1. The third kappa shape index (κ3) is 2.41. The van der Waals surface area contributed by atoms with E-state index in [1.165, 1.54) is 36.8 Å². The quantitative estimate of drug-likeness (QED) is 0.845. The van der Waals surface area contributed by atoms with Gasteiger partial charge in [-0.3, -0.25) is 0 Å². The van der Waals surface area contributed by atoms with Crippen LogP contribution in [0, 0.1) is 0 Å². The second kappa shape index (κ2) is 5.20. The number of hydrogen-bond acceptors (Lipinski definition) is 1. The third-order valence-electron chi connectivity index (χ3n) is 3.46. The van der Waals surface area contributed by atoms with Crippen LogP contribution in [0.5, 0.6) is 0 Å². The van der Waals surface area contributed by atoms with Gasteiger partial charge < -0.3 is 5.73 Å². The summed E-state index contributed by atoms with van der Waals surface area (Å²) in [6, 6.07) is 4.49. The standard InChI is InChI=1S/C14H20ClN/c1-2-5-14(16)12-8-10-6-3-4-7-11(10)9-13(12)15/h8-9,14H,2-7,16H2,1H3. The van der Waals surface area contributed by atoms with Crippen LogP contribution in [0.2, 0.25) is 5.02 Å². The first-order chi connectivity index (χ1) is 7.72. The second-order valence-electron chi connectivity index (χ2n) is 4.74. The minimum absolute atomic E-state index is 0.102. The molecule has 1 atom stereocenters. The molecule has 2 heteroatoms. The molecule has 0 radical (unpaired) electrons. The van der Waals surface area contributed by atoms with Crippen molar-refractivity contribution in [3.8, 4) is 0 Å². The number of hydrogen-bond donors (Lipinski definition) is 1. The summed E-state index contributed by atoms with van der Waals surface area (Å²) in [5.41, 5.74) is 10.2. The summed E-state index contributed by atoms with van der Waals surface area (Å²) >= 11 is 6.31. The van der Waals surface area contributed by atoms with Gasteiger partial charge in [-0.2, -0.15) is 0 Å². The molecule has 1 aliphatic rings. The van der Waals surface area contributed by atoms with Crippen LogP contribution in [-0.2, 0) is 12.8 Å². The van der Waals surface area contributed by atoms with Gasteiger partial charge in [-0.05, 0) is 54.9 Å². The molecule has 0 spiro atoms. The maximum atomic E-state index is 6.31. The van der Waals surface area contributed by atoms with Gasteiger partial charge in [-0.1, -0.05) is 31.0 Å². The van der Waals surface area contributed by atoms with Crippen molar-refractivity contribution >= 4 is 11.6 Å². The average Bonchev–Trinajstić information content (AvgIpc) is 2.28. The van der Waals surface area contributed by atoms with Crippen LogP contribution in [0.4, 0.5) is 0 Å². The maximum absolute atomic E-state index is 6.31. The first-order valence-corrected chi connectivity index (χ1v) is 6.67. The molecule has 1 aromatic carbocycles. The normalized spacial score (nSPS) is 16.9. The molecule has 0 fully saturated rings. The highest BCUT2D eigenvalue weighted by atomic mass is 35.5. The number of rotatable bonds is 3. The van der Waals surface area contributed by atoms with Gasteiger partial charge in [0.2, 0.25) is 0 Å². The molecule has 1 unspecified atom stereocenters. The van der Waals surface area contributed by atoms with Crippen molar-refractivity contribution < 1.29 is 0 Å². The Labute approximate surface area is 103 Å². The van der Waals surface area contributed by atoms with E-state index >= 15 is 0 Å². The van der Waals surface area contributed by atoms with E-state index in [2.05, 4.69) is 19.1 Å². The molecular weight excluding hydrogens is 218 g/mol. The van der Waals surface area contributed by atoms with Crippen molar-refractivity contribution in [1.82, 2.24) is 0 Å². The first-order valence-electron chi connectivity index (χ1n) is 6.29. The van der Waals surface area contributed by atoms with Crippen molar-refractivity contribution in [3.63, 3.8) is 0 Å². The predicted octanol–water partition coefficient (Wildman–Crippen LogP) is 4.02. The van der Waals surface area contributed by atoms with Crippen LogP contribution in [0.1, 0.15) is 55.3 Å². The molecule has 0 heterocycles. The lowest BCUT2D eigenvalue weighted by molar-refractivity contribution is 0.632. The Morgan fingerprint density at radius 1 is 1.25 bits per heavy atom. The van der Waals surface area contributed by atoms with Crippen LogP contribution < -0.4 is 5.73 Å². The van der Waals surface area contributed by atoms with Gasteiger partial charge in [0.05, 0.1) is 0 Å². The number of halogens is 1. The van der Waals surface area contributed by atoms with E-state index < -0.39 is 0 Å². The summed E-state index contributed by atoms with van der Waals surface area (Å²) in [7, 11) is 0. The molecule has 0 saturated heterocycles. The maximum Gasteiger partial charge on any atom is 0.0456 e. The molecule has 88 valence electrons. The van der Waals surface area contributed by atoms with Gasteiger partial charge in [-0.25, -0.2) is 0 Å². The lowest BCUT2D eigenvalue weighted by Gasteiger charge is -2.20. The second-order valence-corrected chi connectivity index (χ2v) is 5.15. The first kappa shape index (κ1) is 11.9.